The molecule has 3 fully saturated rings. The zero-order chi connectivity index (χ0) is 23.8. The lowest BCUT2D eigenvalue weighted by Gasteiger charge is -2.56. The maximum Gasteiger partial charge on any atom is 0.138 e. The lowest BCUT2D eigenvalue weighted by Crippen LogP contribution is -2.68. The van der Waals surface area contributed by atoms with E-state index in [0.29, 0.717) is 28.9 Å². The van der Waals surface area contributed by atoms with Gasteiger partial charge >= 0.3 is 0 Å². The van der Waals surface area contributed by atoms with Gasteiger partial charge in [0.1, 0.15) is 24.2 Å². The average molecular weight is 468 g/mol. The van der Waals surface area contributed by atoms with E-state index in [-0.39, 0.29) is 13.2 Å². The van der Waals surface area contributed by atoms with Gasteiger partial charge in [0.25, 0.3) is 0 Å². The Kier molecular flexibility index (Phi) is 5.52. The average Bonchev–Trinajstić information content (AvgIpc) is 3.34. The first-order chi connectivity index (χ1) is 17.2. The number of hydrogen-bond acceptors (Lipinski definition) is 8. The predicted octanol–water partition coefficient (Wildman–Crippen LogP) is 2.50. The fourth-order valence-corrected chi connectivity index (χ4v) is 5.18. The van der Waals surface area contributed by atoms with Crippen LogP contribution in [0.1, 0.15) is 17.7 Å². The van der Waals surface area contributed by atoms with Crippen molar-refractivity contribution in [3.8, 4) is 22.9 Å². The van der Waals surface area contributed by atoms with Crippen LogP contribution in [0, 0.1) is 11.3 Å². The van der Waals surface area contributed by atoms with Gasteiger partial charge in [-0.05, 0) is 36.8 Å². The maximum absolute atomic E-state index is 9.57. The maximum atomic E-state index is 9.57. The molecule has 4 aromatic heterocycles. The number of aromatic nitrogens is 4. The van der Waals surface area contributed by atoms with Crippen LogP contribution in [0.2, 0.25) is 0 Å². The number of ether oxygens (including phenoxy) is 1. The first-order valence-corrected chi connectivity index (χ1v) is 11.8. The van der Waals surface area contributed by atoms with Crippen LogP contribution in [0.5, 0.6) is 5.75 Å². The molecule has 1 unspecified atom stereocenters. The Morgan fingerprint density at radius 2 is 2.00 bits per heavy atom. The molecule has 2 atom stereocenters. The van der Waals surface area contributed by atoms with Gasteiger partial charge in [0.05, 0.1) is 35.8 Å². The Labute approximate surface area is 202 Å². The highest BCUT2D eigenvalue weighted by atomic mass is 16.5. The van der Waals surface area contributed by atoms with Crippen LogP contribution in [-0.2, 0) is 6.54 Å². The number of pyridine rings is 3. The Bertz CT molecular complexity index is 1370. The summed E-state index contributed by atoms with van der Waals surface area (Å²) in [7, 11) is 0. The van der Waals surface area contributed by atoms with E-state index in [1.54, 1.807) is 16.9 Å². The Morgan fingerprint density at radius 1 is 1.11 bits per heavy atom. The van der Waals surface area contributed by atoms with E-state index in [0.717, 1.165) is 42.3 Å². The second kappa shape index (κ2) is 8.98. The number of rotatable bonds is 7. The van der Waals surface area contributed by atoms with Gasteiger partial charge in [-0.1, -0.05) is 6.07 Å². The van der Waals surface area contributed by atoms with Crippen molar-refractivity contribution < 1.29 is 9.84 Å². The van der Waals surface area contributed by atoms with Crippen molar-refractivity contribution in [1.82, 2.24) is 24.5 Å². The lowest BCUT2D eigenvalue weighted by atomic mass is 9.87. The topological polar surface area (TPSA) is 103 Å². The summed E-state index contributed by atoms with van der Waals surface area (Å²) in [6, 6.07) is 15.3. The van der Waals surface area contributed by atoms with E-state index in [1.165, 1.54) is 6.42 Å². The summed E-state index contributed by atoms with van der Waals surface area (Å²) in [5, 5.41) is 23.0. The summed E-state index contributed by atoms with van der Waals surface area (Å²) in [6.45, 7) is 2.90. The standard InChI is InChI=1S/C26H25N7O2/c27-11-19-13-30-33-17-23(35-8-7-34)10-24(26(19)33)18-4-5-25(29-12-18)31-15-21-9-22(16-31)32(21)14-20-3-1-2-6-28-20/h1-6,10,12-13,17,21-22,34H,7-9,14-16H2/t21-,22?/m1/s1. The van der Waals surface area contributed by atoms with Crippen molar-refractivity contribution in [3.63, 3.8) is 0 Å². The molecule has 3 saturated heterocycles. The van der Waals surface area contributed by atoms with Crippen molar-refractivity contribution >= 4 is 11.3 Å². The molecule has 0 saturated carbocycles. The van der Waals surface area contributed by atoms with Crippen LogP contribution in [0.25, 0.3) is 16.6 Å². The highest BCUT2D eigenvalue weighted by Crippen LogP contribution is 2.36. The number of hydrogen-bond donors (Lipinski definition) is 1. The number of aliphatic hydroxyl groups is 1. The van der Waals surface area contributed by atoms with Crippen LogP contribution >= 0.6 is 0 Å². The Morgan fingerprint density at radius 3 is 2.71 bits per heavy atom. The monoisotopic (exact) mass is 467 g/mol. The predicted molar refractivity (Wildman–Crippen MR) is 130 cm³/mol. The summed E-state index contributed by atoms with van der Waals surface area (Å²) in [6.07, 6.45) is 8.19. The normalized spacial score (nSPS) is 19.4. The molecule has 35 heavy (non-hydrogen) atoms. The minimum Gasteiger partial charge on any atom is -0.490 e. The van der Waals surface area contributed by atoms with Crippen LogP contribution in [0.3, 0.4) is 0 Å². The third kappa shape index (κ3) is 3.97. The molecule has 2 bridgehead atoms. The fraction of sp³-hybridized carbons (Fsp3) is 0.308. The van der Waals surface area contributed by atoms with Gasteiger partial charge in [0.2, 0.25) is 0 Å². The van der Waals surface area contributed by atoms with Gasteiger partial charge in [-0.2, -0.15) is 10.4 Å². The number of nitrogens with zero attached hydrogens (tertiary/aromatic N) is 7. The molecule has 0 radical (unpaired) electrons. The third-order valence-electron chi connectivity index (χ3n) is 6.87. The highest BCUT2D eigenvalue weighted by Gasteiger charge is 2.44. The second-order valence-corrected chi connectivity index (χ2v) is 8.97. The van der Waals surface area contributed by atoms with Crippen molar-refractivity contribution in [2.45, 2.75) is 25.0 Å². The lowest BCUT2D eigenvalue weighted by molar-refractivity contribution is -0.00967. The van der Waals surface area contributed by atoms with Gasteiger partial charge in [-0.15, -0.1) is 0 Å². The molecular formula is C26H25N7O2. The van der Waals surface area contributed by atoms with Crippen LogP contribution in [0.4, 0.5) is 5.82 Å². The molecule has 7 rings (SSSR count). The molecule has 0 amide bonds. The molecule has 0 aliphatic carbocycles. The number of fused-ring (bicyclic) bond motifs is 3. The SMILES string of the molecule is N#Cc1cnn2cc(OCCO)cc(-c3ccc(N4CC5C[C@H](C4)N5Cc4ccccn4)nc3)c12. The number of nitriles is 1. The van der Waals surface area contributed by atoms with Crippen molar-refractivity contribution in [3.05, 3.63) is 72.4 Å². The summed E-state index contributed by atoms with van der Waals surface area (Å²) < 4.78 is 7.27. The number of piperidine rings is 1. The summed E-state index contributed by atoms with van der Waals surface area (Å²) in [5.74, 6) is 1.53. The number of piperazine rings is 1. The largest absolute Gasteiger partial charge is 0.490 e. The minimum absolute atomic E-state index is 0.0801. The third-order valence-corrected chi connectivity index (χ3v) is 6.87. The van der Waals surface area contributed by atoms with Gasteiger partial charge in [0, 0.05) is 55.2 Å². The summed E-state index contributed by atoms with van der Waals surface area (Å²) >= 11 is 0. The van der Waals surface area contributed by atoms with Gasteiger partial charge in [-0.25, -0.2) is 9.50 Å². The smallest absolute Gasteiger partial charge is 0.138 e. The minimum atomic E-state index is -0.0801. The van der Waals surface area contributed by atoms with E-state index in [1.807, 2.05) is 42.7 Å². The number of aliphatic hydroxyl groups excluding tert-OH is 1. The molecule has 7 heterocycles. The van der Waals surface area contributed by atoms with E-state index in [4.69, 9.17) is 14.8 Å². The molecule has 9 nitrogen and oxygen atoms in total. The second-order valence-electron chi connectivity index (χ2n) is 8.97. The first-order valence-electron chi connectivity index (χ1n) is 11.8. The van der Waals surface area contributed by atoms with Crippen LogP contribution in [-0.4, -0.2) is 68.0 Å². The Hall–Kier alpha value is -4.00. The van der Waals surface area contributed by atoms with Gasteiger partial charge in [0.15, 0.2) is 0 Å². The molecule has 9 heteroatoms. The fourth-order valence-electron chi connectivity index (χ4n) is 5.18. The molecule has 176 valence electrons. The van der Waals surface area contributed by atoms with E-state index >= 15 is 0 Å². The van der Waals surface area contributed by atoms with Gasteiger partial charge in [-0.3, -0.25) is 9.88 Å². The molecule has 3 aliphatic heterocycles. The van der Waals surface area contributed by atoms with E-state index in [9.17, 15) is 5.26 Å². The van der Waals surface area contributed by atoms with Crippen molar-refractivity contribution in [2.24, 2.45) is 0 Å². The van der Waals surface area contributed by atoms with E-state index < -0.39 is 0 Å². The van der Waals surface area contributed by atoms with Gasteiger partial charge < -0.3 is 14.7 Å². The molecule has 0 spiro atoms. The quantitative estimate of drug-likeness (QED) is 0.442. The van der Waals surface area contributed by atoms with E-state index in [2.05, 4.69) is 32.0 Å². The van der Waals surface area contributed by atoms with Crippen molar-refractivity contribution in [1.29, 1.82) is 5.26 Å². The number of anilines is 1. The zero-order valence-corrected chi connectivity index (χ0v) is 19.2. The molecule has 1 N–H and O–H groups in total. The summed E-state index contributed by atoms with van der Waals surface area (Å²) in [4.78, 5) is 14.2. The highest BCUT2D eigenvalue weighted by molar-refractivity contribution is 5.85. The molecule has 3 aliphatic rings. The van der Waals surface area contributed by atoms with Crippen molar-refractivity contribution in [2.75, 3.05) is 31.2 Å². The first kappa shape index (κ1) is 21.5. The Balaban J connectivity index is 1.22. The van der Waals surface area contributed by atoms with Crippen LogP contribution < -0.4 is 9.64 Å². The van der Waals surface area contributed by atoms with Crippen LogP contribution in [0.15, 0.2) is 61.2 Å². The zero-order valence-electron chi connectivity index (χ0n) is 19.2. The molecular weight excluding hydrogens is 442 g/mol. The molecule has 4 aromatic rings. The summed E-state index contributed by atoms with van der Waals surface area (Å²) in [5.41, 5.74) is 4.01. The molecule has 0 aromatic carbocycles.